The molecule has 3 aromatic rings. The molecule has 0 aliphatic carbocycles. The summed E-state index contributed by atoms with van der Waals surface area (Å²) in [5.41, 5.74) is 2.64. The molecule has 1 aliphatic rings. The molecule has 26 heavy (non-hydrogen) atoms. The summed E-state index contributed by atoms with van der Waals surface area (Å²) in [6.45, 7) is 0. The SMILES string of the molecule is O=C(c1ccccc1)N1C=CC(c2ccccc2)(c2ccccc2)C=C1. The highest BCUT2D eigenvalue weighted by molar-refractivity contribution is 5.95. The fraction of sp³-hybridized carbons (Fsp3) is 0.0417. The fourth-order valence-corrected chi connectivity index (χ4v) is 3.35. The number of allylic oxidation sites excluding steroid dienone is 2. The maximum atomic E-state index is 12.7. The molecule has 0 N–H and O–H groups in total. The molecule has 0 aromatic heterocycles. The van der Waals surface area contributed by atoms with Crippen LogP contribution in [0.2, 0.25) is 0 Å². The zero-order chi connectivity index (χ0) is 17.8. The summed E-state index contributed by atoms with van der Waals surface area (Å²) in [6, 6.07) is 30.0. The first-order chi connectivity index (χ1) is 12.8. The van der Waals surface area contributed by atoms with E-state index in [1.807, 2.05) is 79.1 Å². The van der Waals surface area contributed by atoms with Crippen LogP contribution in [0.3, 0.4) is 0 Å². The Balaban J connectivity index is 1.73. The largest absolute Gasteiger partial charge is 0.291 e. The Bertz CT molecular complexity index is 888. The summed E-state index contributed by atoms with van der Waals surface area (Å²) >= 11 is 0. The van der Waals surface area contributed by atoms with E-state index < -0.39 is 0 Å². The predicted molar refractivity (Wildman–Crippen MR) is 105 cm³/mol. The highest BCUT2D eigenvalue weighted by Gasteiger charge is 2.31. The van der Waals surface area contributed by atoms with Crippen molar-refractivity contribution < 1.29 is 4.79 Å². The highest BCUT2D eigenvalue weighted by Crippen LogP contribution is 2.37. The lowest BCUT2D eigenvalue weighted by molar-refractivity contribution is 0.0867. The summed E-state index contributed by atoms with van der Waals surface area (Å²) in [5, 5.41) is 0. The topological polar surface area (TPSA) is 20.3 Å². The second-order valence-corrected chi connectivity index (χ2v) is 6.31. The van der Waals surface area contributed by atoms with Gasteiger partial charge in [-0.05, 0) is 35.4 Å². The summed E-state index contributed by atoms with van der Waals surface area (Å²) < 4.78 is 0. The first-order valence-electron chi connectivity index (χ1n) is 8.67. The third kappa shape index (κ3) is 2.86. The molecule has 0 saturated heterocycles. The van der Waals surface area contributed by atoms with E-state index in [0.29, 0.717) is 5.56 Å². The van der Waals surface area contributed by atoms with Crippen molar-refractivity contribution >= 4 is 5.91 Å². The molecule has 1 aliphatic heterocycles. The highest BCUT2D eigenvalue weighted by atomic mass is 16.2. The van der Waals surface area contributed by atoms with Crippen LogP contribution >= 0.6 is 0 Å². The maximum Gasteiger partial charge on any atom is 0.261 e. The minimum absolute atomic E-state index is 0.0344. The zero-order valence-electron chi connectivity index (χ0n) is 14.3. The molecule has 0 saturated carbocycles. The number of amides is 1. The molecular formula is C24H19NO. The Morgan fingerprint density at radius 3 is 1.50 bits per heavy atom. The van der Waals surface area contributed by atoms with Gasteiger partial charge in [0.05, 0.1) is 5.41 Å². The molecule has 0 radical (unpaired) electrons. The minimum Gasteiger partial charge on any atom is -0.291 e. The number of carbonyl (C=O) groups excluding carboxylic acids is 1. The van der Waals surface area contributed by atoms with Gasteiger partial charge < -0.3 is 0 Å². The first kappa shape index (κ1) is 16.1. The Kier molecular flexibility index (Phi) is 4.24. The molecular weight excluding hydrogens is 318 g/mol. The van der Waals surface area contributed by atoms with Crippen LogP contribution in [0.25, 0.3) is 0 Å². The van der Waals surface area contributed by atoms with E-state index in [1.54, 1.807) is 4.90 Å². The summed E-state index contributed by atoms with van der Waals surface area (Å²) in [5.74, 6) is -0.0344. The van der Waals surface area contributed by atoms with Crippen molar-refractivity contribution in [3.63, 3.8) is 0 Å². The van der Waals surface area contributed by atoms with Gasteiger partial charge in [0.2, 0.25) is 0 Å². The monoisotopic (exact) mass is 337 g/mol. The Morgan fingerprint density at radius 1 is 0.615 bits per heavy atom. The van der Waals surface area contributed by atoms with E-state index in [-0.39, 0.29) is 11.3 Å². The van der Waals surface area contributed by atoms with E-state index in [9.17, 15) is 4.79 Å². The van der Waals surface area contributed by atoms with Crippen molar-refractivity contribution in [1.82, 2.24) is 4.90 Å². The van der Waals surface area contributed by atoms with E-state index in [1.165, 1.54) is 11.1 Å². The van der Waals surface area contributed by atoms with E-state index in [0.717, 1.165) is 0 Å². The molecule has 1 heterocycles. The van der Waals surface area contributed by atoms with E-state index in [4.69, 9.17) is 0 Å². The molecule has 0 unspecified atom stereocenters. The summed E-state index contributed by atoms with van der Waals surface area (Å²) in [6.07, 6.45) is 7.93. The number of hydrogen-bond acceptors (Lipinski definition) is 1. The van der Waals surface area contributed by atoms with Crippen LogP contribution in [0.15, 0.2) is 116 Å². The molecule has 1 amide bonds. The van der Waals surface area contributed by atoms with Gasteiger partial charge in [0.1, 0.15) is 0 Å². The quantitative estimate of drug-likeness (QED) is 0.647. The van der Waals surface area contributed by atoms with Crippen molar-refractivity contribution in [2.45, 2.75) is 5.41 Å². The predicted octanol–water partition coefficient (Wildman–Crippen LogP) is 5.16. The molecule has 0 bridgehead atoms. The lowest BCUT2D eigenvalue weighted by Crippen LogP contribution is -2.30. The van der Waals surface area contributed by atoms with Crippen LogP contribution in [-0.4, -0.2) is 10.8 Å². The van der Waals surface area contributed by atoms with Gasteiger partial charge in [-0.25, -0.2) is 0 Å². The summed E-state index contributed by atoms with van der Waals surface area (Å²) in [7, 11) is 0. The standard InChI is InChI=1S/C24H19NO/c26-23(20-10-4-1-5-11-20)25-18-16-24(17-19-25,21-12-6-2-7-13-21)22-14-8-3-9-15-22/h1-19H. The normalized spacial score (nSPS) is 15.0. The number of nitrogens with zero attached hydrogens (tertiary/aromatic N) is 1. The van der Waals surface area contributed by atoms with E-state index in [2.05, 4.69) is 36.4 Å². The van der Waals surface area contributed by atoms with Gasteiger partial charge in [-0.15, -0.1) is 0 Å². The fourth-order valence-electron chi connectivity index (χ4n) is 3.35. The molecule has 2 heteroatoms. The second-order valence-electron chi connectivity index (χ2n) is 6.31. The van der Waals surface area contributed by atoms with Crippen LogP contribution in [0.4, 0.5) is 0 Å². The van der Waals surface area contributed by atoms with Gasteiger partial charge in [-0.1, -0.05) is 78.9 Å². The number of carbonyl (C=O) groups is 1. The molecule has 0 spiro atoms. The Morgan fingerprint density at radius 2 is 1.04 bits per heavy atom. The molecule has 0 fully saturated rings. The van der Waals surface area contributed by atoms with Crippen LogP contribution in [0, 0.1) is 0 Å². The number of benzene rings is 3. The van der Waals surface area contributed by atoms with Gasteiger partial charge in [-0.2, -0.15) is 0 Å². The Labute approximate surface area is 153 Å². The Hall–Kier alpha value is -3.39. The van der Waals surface area contributed by atoms with Crippen molar-refractivity contribution in [2.24, 2.45) is 0 Å². The van der Waals surface area contributed by atoms with Crippen LogP contribution < -0.4 is 0 Å². The average molecular weight is 337 g/mol. The lowest BCUT2D eigenvalue weighted by Gasteiger charge is -2.33. The van der Waals surface area contributed by atoms with Gasteiger partial charge in [-0.3, -0.25) is 9.69 Å². The average Bonchev–Trinajstić information content (AvgIpc) is 2.75. The van der Waals surface area contributed by atoms with Crippen molar-refractivity contribution in [2.75, 3.05) is 0 Å². The number of rotatable bonds is 3. The van der Waals surface area contributed by atoms with Crippen molar-refractivity contribution in [3.05, 3.63) is 132 Å². The van der Waals surface area contributed by atoms with Gasteiger partial charge >= 0.3 is 0 Å². The molecule has 4 rings (SSSR count). The molecule has 3 aromatic carbocycles. The second kappa shape index (κ2) is 6.85. The maximum absolute atomic E-state index is 12.7. The van der Waals surface area contributed by atoms with Crippen LogP contribution in [0.5, 0.6) is 0 Å². The molecule has 2 nitrogen and oxygen atoms in total. The van der Waals surface area contributed by atoms with E-state index >= 15 is 0 Å². The smallest absolute Gasteiger partial charge is 0.261 e. The first-order valence-corrected chi connectivity index (χ1v) is 8.67. The lowest BCUT2D eigenvalue weighted by atomic mass is 9.73. The third-order valence-electron chi connectivity index (χ3n) is 4.75. The minimum atomic E-state index is -0.379. The van der Waals surface area contributed by atoms with Crippen molar-refractivity contribution in [1.29, 1.82) is 0 Å². The third-order valence-corrected chi connectivity index (χ3v) is 4.75. The van der Waals surface area contributed by atoms with Gasteiger partial charge in [0.25, 0.3) is 5.91 Å². The van der Waals surface area contributed by atoms with Crippen molar-refractivity contribution in [3.8, 4) is 0 Å². The van der Waals surface area contributed by atoms with Crippen LogP contribution in [-0.2, 0) is 5.41 Å². The zero-order valence-corrected chi connectivity index (χ0v) is 14.3. The van der Waals surface area contributed by atoms with Gasteiger partial charge in [0, 0.05) is 18.0 Å². The number of hydrogen-bond donors (Lipinski definition) is 0. The molecule has 0 atom stereocenters. The molecule has 126 valence electrons. The van der Waals surface area contributed by atoms with Gasteiger partial charge in [0.15, 0.2) is 0 Å². The summed E-state index contributed by atoms with van der Waals surface area (Å²) in [4.78, 5) is 14.3. The van der Waals surface area contributed by atoms with Crippen LogP contribution in [0.1, 0.15) is 21.5 Å².